The molecule has 150 valence electrons. The molecule has 2 amide bonds. The van der Waals surface area contributed by atoms with Gasteiger partial charge in [0.25, 0.3) is 11.8 Å². The number of thiazole rings is 1. The molecule has 1 aliphatic heterocycles. The van der Waals surface area contributed by atoms with Crippen LogP contribution in [0.15, 0.2) is 48.1 Å². The highest BCUT2D eigenvalue weighted by Gasteiger charge is 2.31. The number of hydrogen-bond donors (Lipinski definition) is 1. The van der Waals surface area contributed by atoms with E-state index in [9.17, 15) is 9.59 Å². The number of rotatable bonds is 4. The molecule has 0 saturated carbocycles. The van der Waals surface area contributed by atoms with E-state index in [1.165, 1.54) is 11.3 Å². The first-order chi connectivity index (χ1) is 14.7. The van der Waals surface area contributed by atoms with Crippen molar-refractivity contribution in [3.63, 3.8) is 0 Å². The second kappa shape index (κ2) is 7.88. The van der Waals surface area contributed by atoms with E-state index in [4.69, 9.17) is 0 Å². The SMILES string of the molecule is O=C(Nc1nccs1)c1ccc([C@H]2CCCN2C(=O)c2ccc3nsnc3c2)nc1. The zero-order valence-electron chi connectivity index (χ0n) is 15.7. The molecular formula is C20H16N6O2S2. The van der Waals surface area contributed by atoms with Crippen LogP contribution >= 0.6 is 23.1 Å². The molecular weight excluding hydrogens is 420 g/mol. The van der Waals surface area contributed by atoms with Crippen molar-refractivity contribution in [1.82, 2.24) is 23.6 Å². The Balaban J connectivity index is 1.34. The molecule has 0 bridgehead atoms. The fraction of sp³-hybridized carbons (Fsp3) is 0.200. The van der Waals surface area contributed by atoms with Crippen LogP contribution in [-0.4, -0.2) is 42.0 Å². The second-order valence-electron chi connectivity index (χ2n) is 6.89. The number of hydrogen-bond acceptors (Lipinski definition) is 8. The average Bonchev–Trinajstić information content (AvgIpc) is 3.54. The molecule has 1 aromatic carbocycles. The number of amides is 2. The quantitative estimate of drug-likeness (QED) is 0.523. The Morgan fingerprint density at radius 2 is 1.93 bits per heavy atom. The molecule has 8 nitrogen and oxygen atoms in total. The van der Waals surface area contributed by atoms with Crippen molar-refractivity contribution in [3.8, 4) is 0 Å². The van der Waals surface area contributed by atoms with Gasteiger partial charge in [0, 0.05) is 29.9 Å². The average molecular weight is 437 g/mol. The minimum Gasteiger partial charge on any atom is -0.330 e. The van der Waals surface area contributed by atoms with E-state index in [0.29, 0.717) is 22.8 Å². The number of benzene rings is 1. The third-order valence-corrected chi connectivity index (χ3v) is 6.30. The zero-order chi connectivity index (χ0) is 20.5. The van der Waals surface area contributed by atoms with E-state index in [-0.39, 0.29) is 17.9 Å². The van der Waals surface area contributed by atoms with Crippen molar-refractivity contribution in [1.29, 1.82) is 0 Å². The summed E-state index contributed by atoms with van der Waals surface area (Å²) in [5.41, 5.74) is 3.36. The first-order valence-corrected chi connectivity index (χ1v) is 11.0. The maximum absolute atomic E-state index is 13.1. The third kappa shape index (κ3) is 3.55. The fourth-order valence-corrected chi connectivity index (χ4v) is 4.63. The van der Waals surface area contributed by atoms with E-state index in [0.717, 1.165) is 41.3 Å². The summed E-state index contributed by atoms with van der Waals surface area (Å²) in [6.45, 7) is 0.671. The van der Waals surface area contributed by atoms with Gasteiger partial charge >= 0.3 is 0 Å². The van der Waals surface area contributed by atoms with Gasteiger partial charge in [-0.3, -0.25) is 19.9 Å². The zero-order valence-corrected chi connectivity index (χ0v) is 17.3. The van der Waals surface area contributed by atoms with Gasteiger partial charge in [0.2, 0.25) is 0 Å². The van der Waals surface area contributed by atoms with Crippen molar-refractivity contribution in [2.75, 3.05) is 11.9 Å². The standard InChI is InChI=1S/C20H16N6O2S2/c27-18(23-20-21-7-9-29-20)13-4-6-15(22-11-13)17-2-1-8-26(17)19(28)12-3-5-14-16(10-12)25-30-24-14/h3-7,9-11,17H,1-2,8H2,(H,21,23,27)/t17-/m1/s1. The summed E-state index contributed by atoms with van der Waals surface area (Å²) < 4.78 is 8.41. The summed E-state index contributed by atoms with van der Waals surface area (Å²) in [6, 6.07) is 8.85. The monoisotopic (exact) mass is 436 g/mol. The number of likely N-dealkylation sites (tertiary alicyclic amines) is 1. The molecule has 0 unspecified atom stereocenters. The Bertz CT molecular complexity index is 1210. The molecule has 1 saturated heterocycles. The van der Waals surface area contributed by atoms with Gasteiger partial charge in [-0.25, -0.2) is 4.98 Å². The van der Waals surface area contributed by atoms with Crippen molar-refractivity contribution in [3.05, 3.63) is 64.9 Å². The predicted molar refractivity (Wildman–Crippen MR) is 115 cm³/mol. The summed E-state index contributed by atoms with van der Waals surface area (Å²) in [5.74, 6) is -0.298. The lowest BCUT2D eigenvalue weighted by Crippen LogP contribution is -2.31. The largest absolute Gasteiger partial charge is 0.330 e. The number of nitrogens with one attached hydrogen (secondary N) is 1. The van der Waals surface area contributed by atoms with Crippen LogP contribution < -0.4 is 5.32 Å². The topological polar surface area (TPSA) is 101 Å². The van der Waals surface area contributed by atoms with E-state index in [2.05, 4.69) is 24.0 Å². The van der Waals surface area contributed by atoms with E-state index < -0.39 is 0 Å². The van der Waals surface area contributed by atoms with Gasteiger partial charge in [-0.15, -0.1) is 11.3 Å². The molecule has 1 N–H and O–H groups in total. The van der Waals surface area contributed by atoms with Gasteiger partial charge in [-0.2, -0.15) is 8.75 Å². The van der Waals surface area contributed by atoms with Crippen LogP contribution in [0.25, 0.3) is 11.0 Å². The number of pyridine rings is 1. The maximum Gasteiger partial charge on any atom is 0.259 e. The number of fused-ring (bicyclic) bond motifs is 1. The maximum atomic E-state index is 13.1. The van der Waals surface area contributed by atoms with Crippen molar-refractivity contribution in [2.24, 2.45) is 0 Å². The van der Waals surface area contributed by atoms with Crippen LogP contribution in [0.3, 0.4) is 0 Å². The number of carbonyl (C=O) groups excluding carboxylic acids is 2. The fourth-order valence-electron chi connectivity index (χ4n) is 3.59. The molecule has 4 aromatic rings. The minimum atomic E-state index is -0.256. The molecule has 30 heavy (non-hydrogen) atoms. The number of carbonyl (C=O) groups is 2. The van der Waals surface area contributed by atoms with Crippen LogP contribution in [0.1, 0.15) is 45.3 Å². The number of anilines is 1. The van der Waals surface area contributed by atoms with Gasteiger partial charge < -0.3 is 4.90 Å². The summed E-state index contributed by atoms with van der Waals surface area (Å²) >= 11 is 2.49. The Hall–Kier alpha value is -3.24. The second-order valence-corrected chi connectivity index (χ2v) is 8.31. The molecule has 1 aliphatic rings. The highest BCUT2D eigenvalue weighted by atomic mass is 32.1. The lowest BCUT2D eigenvalue weighted by Gasteiger charge is -2.24. The molecule has 5 rings (SSSR count). The third-order valence-electron chi connectivity index (χ3n) is 5.06. The Kier molecular flexibility index (Phi) is 4.93. The first kappa shape index (κ1) is 18.8. The lowest BCUT2D eigenvalue weighted by atomic mass is 10.1. The minimum absolute atomic E-state index is 0.0419. The number of aromatic nitrogens is 4. The molecule has 0 radical (unpaired) electrons. The summed E-state index contributed by atoms with van der Waals surface area (Å²) in [4.78, 5) is 35.8. The van der Waals surface area contributed by atoms with Crippen LogP contribution in [0, 0.1) is 0 Å². The van der Waals surface area contributed by atoms with E-state index >= 15 is 0 Å². The Morgan fingerprint density at radius 3 is 2.73 bits per heavy atom. The molecule has 1 atom stereocenters. The highest BCUT2D eigenvalue weighted by Crippen LogP contribution is 2.32. The molecule has 1 fully saturated rings. The smallest absolute Gasteiger partial charge is 0.259 e. The van der Waals surface area contributed by atoms with Gasteiger partial charge in [-0.1, -0.05) is 0 Å². The van der Waals surface area contributed by atoms with Gasteiger partial charge in [-0.05, 0) is 43.2 Å². The lowest BCUT2D eigenvalue weighted by molar-refractivity contribution is 0.0732. The van der Waals surface area contributed by atoms with Gasteiger partial charge in [0.15, 0.2) is 5.13 Å². The van der Waals surface area contributed by atoms with Crippen molar-refractivity contribution in [2.45, 2.75) is 18.9 Å². The van der Waals surface area contributed by atoms with Crippen LogP contribution in [0.4, 0.5) is 5.13 Å². The van der Waals surface area contributed by atoms with Crippen LogP contribution in [0.5, 0.6) is 0 Å². The first-order valence-electron chi connectivity index (χ1n) is 9.39. The van der Waals surface area contributed by atoms with E-state index in [1.807, 2.05) is 17.0 Å². The summed E-state index contributed by atoms with van der Waals surface area (Å²) in [7, 11) is 0. The normalized spacial score (nSPS) is 16.1. The molecule has 10 heteroatoms. The summed E-state index contributed by atoms with van der Waals surface area (Å²) in [6.07, 6.45) is 4.93. The Morgan fingerprint density at radius 1 is 1.07 bits per heavy atom. The molecule has 4 heterocycles. The molecule has 3 aromatic heterocycles. The van der Waals surface area contributed by atoms with Crippen molar-refractivity contribution >= 4 is 51.0 Å². The summed E-state index contributed by atoms with van der Waals surface area (Å²) in [5, 5.41) is 5.08. The number of nitrogens with zero attached hydrogens (tertiary/aromatic N) is 5. The Labute approximate surface area is 179 Å². The molecule has 0 spiro atoms. The van der Waals surface area contributed by atoms with Crippen molar-refractivity contribution < 1.29 is 9.59 Å². The predicted octanol–water partition coefficient (Wildman–Crippen LogP) is 3.77. The highest BCUT2D eigenvalue weighted by molar-refractivity contribution is 7.13. The van der Waals surface area contributed by atoms with Gasteiger partial charge in [0.1, 0.15) is 11.0 Å². The van der Waals surface area contributed by atoms with Crippen LogP contribution in [-0.2, 0) is 0 Å². The van der Waals surface area contributed by atoms with E-state index in [1.54, 1.807) is 36.0 Å². The van der Waals surface area contributed by atoms with Gasteiger partial charge in [0.05, 0.1) is 29.0 Å². The van der Waals surface area contributed by atoms with Crippen LogP contribution in [0.2, 0.25) is 0 Å². The molecule has 0 aliphatic carbocycles.